The molecule has 3 N–H and O–H groups in total. The van der Waals surface area contributed by atoms with E-state index in [1.807, 2.05) is 5.48 Å². The molecule has 1 rings (SSSR count). The summed E-state index contributed by atoms with van der Waals surface area (Å²) in [6.45, 7) is 0.0185. The van der Waals surface area contributed by atoms with E-state index in [-0.39, 0.29) is 12.3 Å². The van der Waals surface area contributed by atoms with Crippen molar-refractivity contribution in [3.63, 3.8) is 0 Å². The summed E-state index contributed by atoms with van der Waals surface area (Å²) in [5.41, 5.74) is 7.20. The number of primary amides is 1. The molecule has 0 bridgehead atoms. The third kappa shape index (κ3) is 3.61. The van der Waals surface area contributed by atoms with Crippen LogP contribution in [0.4, 0.5) is 10.5 Å². The number of nitrogens with two attached hydrogens (primary N) is 1. The summed E-state index contributed by atoms with van der Waals surface area (Å²) in [6.07, 6.45) is 0. The molecular formula is C8H9N3O4. The zero-order valence-electron chi connectivity index (χ0n) is 7.67. The molecule has 0 radical (unpaired) electrons. The van der Waals surface area contributed by atoms with Crippen LogP contribution in [0.15, 0.2) is 24.3 Å². The van der Waals surface area contributed by atoms with Crippen LogP contribution in [0.3, 0.4) is 0 Å². The second-order valence-corrected chi connectivity index (χ2v) is 2.68. The van der Waals surface area contributed by atoms with Gasteiger partial charge in [-0.2, -0.15) is 0 Å². The van der Waals surface area contributed by atoms with Gasteiger partial charge in [0.05, 0.1) is 4.92 Å². The molecule has 0 heterocycles. The third-order valence-electron chi connectivity index (χ3n) is 1.53. The summed E-state index contributed by atoms with van der Waals surface area (Å²) in [5, 5.41) is 10.4. The first-order chi connectivity index (χ1) is 7.09. The number of urea groups is 1. The predicted octanol–water partition coefficient (Wildman–Crippen LogP) is 0.695. The first kappa shape index (κ1) is 10.9. The van der Waals surface area contributed by atoms with Crippen molar-refractivity contribution in [2.75, 3.05) is 0 Å². The summed E-state index contributed by atoms with van der Waals surface area (Å²) >= 11 is 0. The van der Waals surface area contributed by atoms with Gasteiger partial charge in [0.15, 0.2) is 0 Å². The minimum absolute atomic E-state index is 0.0185. The number of carbonyl (C=O) groups excluding carboxylic acids is 1. The van der Waals surface area contributed by atoms with Crippen molar-refractivity contribution in [1.82, 2.24) is 5.48 Å². The number of carbonyl (C=O) groups is 1. The number of nitrogens with zero attached hydrogens (tertiary/aromatic N) is 1. The van der Waals surface area contributed by atoms with Gasteiger partial charge in [0.1, 0.15) is 6.61 Å². The highest BCUT2D eigenvalue weighted by atomic mass is 16.7. The van der Waals surface area contributed by atoms with Gasteiger partial charge in [0.2, 0.25) is 0 Å². The van der Waals surface area contributed by atoms with Crippen molar-refractivity contribution < 1.29 is 14.6 Å². The SMILES string of the molecule is NC(=O)NOCc1cccc([N+](=O)[O-])c1. The quantitative estimate of drug-likeness (QED) is 0.564. The van der Waals surface area contributed by atoms with E-state index < -0.39 is 11.0 Å². The number of nitrogens with one attached hydrogen (secondary N) is 1. The smallest absolute Gasteiger partial charge is 0.336 e. The molecule has 0 saturated heterocycles. The van der Waals surface area contributed by atoms with Crippen LogP contribution in [-0.4, -0.2) is 11.0 Å². The molecule has 2 amide bonds. The number of benzene rings is 1. The van der Waals surface area contributed by atoms with Crippen molar-refractivity contribution in [3.05, 3.63) is 39.9 Å². The van der Waals surface area contributed by atoms with Crippen LogP contribution in [0, 0.1) is 10.1 Å². The molecule has 7 heteroatoms. The van der Waals surface area contributed by atoms with E-state index in [1.165, 1.54) is 18.2 Å². The predicted molar refractivity (Wildman–Crippen MR) is 50.6 cm³/mol. The lowest BCUT2D eigenvalue weighted by molar-refractivity contribution is -0.385. The van der Waals surface area contributed by atoms with Crippen molar-refractivity contribution >= 4 is 11.7 Å². The minimum Gasteiger partial charge on any atom is -0.350 e. The Hall–Kier alpha value is -2.15. The molecule has 0 aliphatic rings. The molecule has 0 aromatic heterocycles. The Labute approximate surface area is 84.9 Å². The first-order valence-electron chi connectivity index (χ1n) is 4.00. The van der Waals surface area contributed by atoms with Gasteiger partial charge in [-0.25, -0.2) is 10.3 Å². The van der Waals surface area contributed by atoms with E-state index >= 15 is 0 Å². The Kier molecular flexibility index (Phi) is 3.58. The van der Waals surface area contributed by atoms with Crippen LogP contribution < -0.4 is 11.2 Å². The summed E-state index contributed by atoms with van der Waals surface area (Å²) < 4.78 is 0. The molecule has 0 saturated carbocycles. The van der Waals surface area contributed by atoms with Gasteiger partial charge >= 0.3 is 6.03 Å². The number of amides is 2. The number of hydroxylamine groups is 1. The van der Waals surface area contributed by atoms with Gasteiger partial charge < -0.3 is 5.73 Å². The standard InChI is InChI=1S/C8H9N3O4/c9-8(12)10-15-5-6-2-1-3-7(4-6)11(13)14/h1-4H,5H2,(H3,9,10,12). The molecule has 1 aromatic rings. The number of nitro groups is 1. The molecule has 7 nitrogen and oxygen atoms in total. The van der Waals surface area contributed by atoms with Gasteiger partial charge in [-0.1, -0.05) is 12.1 Å². The summed E-state index contributed by atoms with van der Waals surface area (Å²) in [5.74, 6) is 0. The molecule has 0 aliphatic carbocycles. The molecule has 0 aliphatic heterocycles. The van der Waals surface area contributed by atoms with Crippen LogP contribution in [0.25, 0.3) is 0 Å². The van der Waals surface area contributed by atoms with Crippen LogP contribution in [-0.2, 0) is 11.4 Å². The fourth-order valence-electron chi connectivity index (χ4n) is 0.950. The Morgan fingerprint density at radius 2 is 2.33 bits per heavy atom. The van der Waals surface area contributed by atoms with Crippen molar-refractivity contribution in [2.24, 2.45) is 5.73 Å². The second kappa shape index (κ2) is 4.91. The third-order valence-corrected chi connectivity index (χ3v) is 1.53. The average molecular weight is 211 g/mol. The monoisotopic (exact) mass is 211 g/mol. The molecule has 0 fully saturated rings. The van der Waals surface area contributed by atoms with E-state index in [9.17, 15) is 14.9 Å². The zero-order chi connectivity index (χ0) is 11.3. The normalized spacial score (nSPS) is 9.60. The molecular weight excluding hydrogens is 202 g/mol. The largest absolute Gasteiger partial charge is 0.350 e. The fourth-order valence-corrected chi connectivity index (χ4v) is 0.950. The lowest BCUT2D eigenvalue weighted by Gasteiger charge is -2.02. The Balaban J connectivity index is 2.58. The van der Waals surface area contributed by atoms with Crippen molar-refractivity contribution in [3.8, 4) is 0 Å². The maximum Gasteiger partial charge on any atom is 0.336 e. The highest BCUT2D eigenvalue weighted by molar-refractivity contribution is 5.70. The maximum absolute atomic E-state index is 10.4. The van der Waals surface area contributed by atoms with E-state index in [0.29, 0.717) is 5.56 Å². The van der Waals surface area contributed by atoms with E-state index in [1.54, 1.807) is 6.07 Å². The average Bonchev–Trinajstić information content (AvgIpc) is 2.17. The number of hydrogen-bond donors (Lipinski definition) is 2. The van der Waals surface area contributed by atoms with Gasteiger partial charge in [0.25, 0.3) is 5.69 Å². The van der Waals surface area contributed by atoms with Gasteiger partial charge in [-0.05, 0) is 5.56 Å². The Morgan fingerprint density at radius 1 is 1.60 bits per heavy atom. The number of non-ortho nitro benzene ring substituents is 1. The van der Waals surface area contributed by atoms with Gasteiger partial charge in [-0.15, -0.1) is 0 Å². The number of nitro benzene ring substituents is 1. The van der Waals surface area contributed by atoms with Crippen LogP contribution in [0.1, 0.15) is 5.56 Å². The minimum atomic E-state index is -0.819. The molecule has 0 spiro atoms. The zero-order valence-corrected chi connectivity index (χ0v) is 7.67. The molecule has 0 atom stereocenters. The number of hydrogen-bond acceptors (Lipinski definition) is 4. The lowest BCUT2D eigenvalue weighted by atomic mass is 10.2. The Morgan fingerprint density at radius 3 is 2.93 bits per heavy atom. The van der Waals surface area contributed by atoms with E-state index in [4.69, 9.17) is 5.73 Å². The van der Waals surface area contributed by atoms with Gasteiger partial charge in [0, 0.05) is 12.1 Å². The fraction of sp³-hybridized carbons (Fsp3) is 0.125. The first-order valence-corrected chi connectivity index (χ1v) is 4.00. The summed E-state index contributed by atoms with van der Waals surface area (Å²) in [4.78, 5) is 24.8. The highest BCUT2D eigenvalue weighted by Crippen LogP contribution is 2.13. The highest BCUT2D eigenvalue weighted by Gasteiger charge is 2.05. The summed E-state index contributed by atoms with van der Waals surface area (Å²) in [6, 6.07) is 5.06. The van der Waals surface area contributed by atoms with Gasteiger partial charge in [-0.3, -0.25) is 15.0 Å². The van der Waals surface area contributed by atoms with Crippen LogP contribution in [0.2, 0.25) is 0 Å². The molecule has 0 unspecified atom stereocenters. The number of rotatable bonds is 4. The van der Waals surface area contributed by atoms with Crippen molar-refractivity contribution in [2.45, 2.75) is 6.61 Å². The molecule has 1 aromatic carbocycles. The van der Waals surface area contributed by atoms with E-state index in [2.05, 4.69) is 4.84 Å². The summed E-state index contributed by atoms with van der Waals surface area (Å²) in [7, 11) is 0. The maximum atomic E-state index is 10.4. The van der Waals surface area contributed by atoms with E-state index in [0.717, 1.165) is 0 Å². The van der Waals surface area contributed by atoms with Crippen LogP contribution in [0.5, 0.6) is 0 Å². The molecule has 80 valence electrons. The second-order valence-electron chi connectivity index (χ2n) is 2.68. The molecule has 15 heavy (non-hydrogen) atoms. The lowest BCUT2D eigenvalue weighted by Crippen LogP contribution is -2.29. The Bertz CT molecular complexity index is 380. The van der Waals surface area contributed by atoms with Crippen LogP contribution >= 0.6 is 0 Å². The van der Waals surface area contributed by atoms with Crippen molar-refractivity contribution in [1.29, 1.82) is 0 Å². The topological polar surface area (TPSA) is 107 Å².